The van der Waals surface area contributed by atoms with E-state index in [0.29, 0.717) is 4.88 Å². The summed E-state index contributed by atoms with van der Waals surface area (Å²) in [5, 5.41) is 22.4. The number of aliphatic hydroxyl groups is 2. The van der Waals surface area contributed by atoms with E-state index in [2.05, 4.69) is 41.9 Å². The first-order valence-corrected chi connectivity index (χ1v) is 6.28. The fraction of sp³-hybridized carbons (Fsp3) is 0.429. The van der Waals surface area contributed by atoms with E-state index in [1.807, 2.05) is 0 Å². The average molecular weight is 357 g/mol. The summed E-state index contributed by atoms with van der Waals surface area (Å²) < 4.78 is 1.66. The minimum Gasteiger partial charge on any atom is -0.390 e. The maximum absolute atomic E-state index is 9.69. The van der Waals surface area contributed by atoms with Crippen LogP contribution in [0.5, 0.6) is 0 Å². The Morgan fingerprint density at radius 1 is 1.53 bits per heavy atom. The van der Waals surface area contributed by atoms with Crippen LogP contribution in [0.25, 0.3) is 10.4 Å². The van der Waals surface area contributed by atoms with Crippen LogP contribution >= 0.6 is 43.2 Å². The third-order valence-corrected chi connectivity index (χ3v) is 4.98. The van der Waals surface area contributed by atoms with E-state index in [-0.39, 0.29) is 6.54 Å². The largest absolute Gasteiger partial charge is 0.390 e. The van der Waals surface area contributed by atoms with Crippen molar-refractivity contribution >= 4 is 43.2 Å². The van der Waals surface area contributed by atoms with Gasteiger partial charge in [0.1, 0.15) is 6.10 Å². The number of azide groups is 1. The molecule has 0 bridgehead atoms. The predicted octanol–water partition coefficient (Wildman–Crippen LogP) is 2.98. The number of thiophene rings is 1. The van der Waals surface area contributed by atoms with Crippen molar-refractivity contribution in [1.82, 2.24) is 0 Å². The smallest absolute Gasteiger partial charge is 0.114 e. The molecule has 5 nitrogen and oxygen atoms in total. The van der Waals surface area contributed by atoms with E-state index >= 15 is 0 Å². The Bertz CT molecular complexity index is 372. The molecule has 15 heavy (non-hydrogen) atoms. The molecule has 1 heterocycles. The summed E-state index contributed by atoms with van der Waals surface area (Å²) in [6, 6.07) is 1.71. The van der Waals surface area contributed by atoms with Crippen LogP contribution in [0.4, 0.5) is 0 Å². The fourth-order valence-electron chi connectivity index (χ4n) is 0.919. The number of rotatable bonds is 4. The van der Waals surface area contributed by atoms with Gasteiger partial charge in [-0.1, -0.05) is 5.11 Å². The second-order valence-corrected chi connectivity index (χ2v) is 5.95. The SMILES string of the molecule is [N-]=[N+]=NCC(O)C(O)c1cc(Br)c(Br)s1. The molecule has 0 fully saturated rings. The number of hydrogen-bond donors (Lipinski definition) is 2. The van der Waals surface area contributed by atoms with Gasteiger partial charge >= 0.3 is 0 Å². The lowest BCUT2D eigenvalue weighted by Crippen LogP contribution is -2.20. The van der Waals surface area contributed by atoms with Crippen LogP contribution in [0.2, 0.25) is 0 Å². The molecule has 0 spiro atoms. The van der Waals surface area contributed by atoms with Gasteiger partial charge in [0, 0.05) is 14.3 Å². The van der Waals surface area contributed by atoms with Crippen LogP contribution in [0.15, 0.2) is 19.4 Å². The maximum Gasteiger partial charge on any atom is 0.114 e. The maximum atomic E-state index is 9.69. The van der Waals surface area contributed by atoms with Gasteiger partial charge in [-0.3, -0.25) is 0 Å². The summed E-state index contributed by atoms with van der Waals surface area (Å²) in [6.07, 6.45) is -2.12. The first-order valence-electron chi connectivity index (χ1n) is 3.88. The lowest BCUT2D eigenvalue weighted by atomic mass is 10.2. The molecule has 2 N–H and O–H groups in total. The van der Waals surface area contributed by atoms with E-state index in [4.69, 9.17) is 5.53 Å². The molecule has 82 valence electrons. The third-order valence-electron chi connectivity index (χ3n) is 1.65. The van der Waals surface area contributed by atoms with E-state index in [1.165, 1.54) is 11.3 Å². The Kier molecular flexibility index (Phi) is 5.04. The molecule has 0 amide bonds. The molecular weight excluding hydrogens is 350 g/mol. The zero-order valence-electron chi connectivity index (χ0n) is 7.34. The van der Waals surface area contributed by atoms with Crippen molar-refractivity contribution in [3.63, 3.8) is 0 Å². The monoisotopic (exact) mass is 355 g/mol. The van der Waals surface area contributed by atoms with Gasteiger partial charge in [-0.05, 0) is 43.5 Å². The van der Waals surface area contributed by atoms with E-state index in [1.54, 1.807) is 6.07 Å². The number of hydrogen-bond acceptors (Lipinski definition) is 4. The van der Waals surface area contributed by atoms with Gasteiger partial charge in [0.15, 0.2) is 0 Å². The first-order chi connectivity index (χ1) is 7.06. The summed E-state index contributed by atoms with van der Waals surface area (Å²) in [4.78, 5) is 3.12. The van der Waals surface area contributed by atoms with Gasteiger partial charge in [0.05, 0.1) is 16.4 Å². The van der Waals surface area contributed by atoms with Crippen LogP contribution in [-0.2, 0) is 0 Å². The molecule has 0 saturated carbocycles. The molecule has 0 radical (unpaired) electrons. The zero-order chi connectivity index (χ0) is 11.4. The Hall–Kier alpha value is -0.110. The minimum atomic E-state index is -1.08. The first kappa shape index (κ1) is 13.0. The minimum absolute atomic E-state index is 0.148. The molecule has 1 aromatic rings. The van der Waals surface area contributed by atoms with E-state index < -0.39 is 12.2 Å². The number of nitrogens with zero attached hydrogens (tertiary/aromatic N) is 3. The van der Waals surface area contributed by atoms with Crippen molar-refractivity contribution in [1.29, 1.82) is 0 Å². The summed E-state index contributed by atoms with van der Waals surface area (Å²) in [5.41, 5.74) is 8.07. The highest BCUT2D eigenvalue weighted by molar-refractivity contribution is 9.13. The van der Waals surface area contributed by atoms with Crippen LogP contribution in [-0.4, -0.2) is 22.9 Å². The van der Waals surface area contributed by atoms with Crippen molar-refractivity contribution in [2.75, 3.05) is 6.54 Å². The normalized spacial score (nSPS) is 14.4. The predicted molar refractivity (Wildman–Crippen MR) is 64.7 cm³/mol. The summed E-state index contributed by atoms with van der Waals surface area (Å²) >= 11 is 7.87. The molecule has 2 unspecified atom stereocenters. The second-order valence-electron chi connectivity index (χ2n) is 2.70. The van der Waals surface area contributed by atoms with Crippen molar-refractivity contribution in [3.8, 4) is 0 Å². The molecule has 0 saturated heterocycles. The van der Waals surface area contributed by atoms with Crippen molar-refractivity contribution < 1.29 is 10.2 Å². The molecule has 8 heteroatoms. The van der Waals surface area contributed by atoms with Gasteiger partial charge in [-0.2, -0.15) is 0 Å². The van der Waals surface area contributed by atoms with E-state index in [9.17, 15) is 10.2 Å². The van der Waals surface area contributed by atoms with Crippen LogP contribution in [0.1, 0.15) is 11.0 Å². The van der Waals surface area contributed by atoms with Crippen LogP contribution in [0.3, 0.4) is 0 Å². The van der Waals surface area contributed by atoms with Gasteiger partial charge in [-0.25, -0.2) is 0 Å². The molecule has 0 aliphatic rings. The fourth-order valence-corrected chi connectivity index (χ4v) is 3.05. The summed E-state index contributed by atoms with van der Waals surface area (Å²) in [5.74, 6) is 0. The zero-order valence-corrected chi connectivity index (χ0v) is 11.3. The molecule has 0 aliphatic heterocycles. The molecule has 0 aromatic carbocycles. The lowest BCUT2D eigenvalue weighted by Gasteiger charge is -2.13. The Balaban J connectivity index is 2.75. The second kappa shape index (κ2) is 5.83. The highest BCUT2D eigenvalue weighted by Gasteiger charge is 2.20. The molecule has 0 aliphatic carbocycles. The van der Waals surface area contributed by atoms with Gasteiger partial charge < -0.3 is 10.2 Å². The summed E-state index contributed by atoms with van der Waals surface area (Å²) in [7, 11) is 0. The highest BCUT2D eigenvalue weighted by atomic mass is 79.9. The average Bonchev–Trinajstić information content (AvgIpc) is 2.54. The van der Waals surface area contributed by atoms with Crippen LogP contribution < -0.4 is 0 Å². The number of aliphatic hydroxyl groups excluding tert-OH is 2. The Labute approximate surface area is 107 Å². The standard InChI is InChI=1S/C7H7Br2N3O2S/c8-3-1-5(15-7(3)9)6(14)4(13)2-11-12-10/h1,4,6,13-14H,2H2. The molecule has 2 atom stereocenters. The van der Waals surface area contributed by atoms with Crippen LogP contribution in [0, 0.1) is 0 Å². The van der Waals surface area contributed by atoms with E-state index in [0.717, 1.165) is 8.26 Å². The topological polar surface area (TPSA) is 89.2 Å². The molecular formula is C7H7Br2N3O2S. The summed E-state index contributed by atoms with van der Waals surface area (Å²) in [6.45, 7) is -0.148. The van der Waals surface area contributed by atoms with Gasteiger partial charge in [0.2, 0.25) is 0 Å². The number of halogens is 2. The highest BCUT2D eigenvalue weighted by Crippen LogP contribution is 2.36. The Morgan fingerprint density at radius 3 is 2.67 bits per heavy atom. The van der Waals surface area contributed by atoms with Crippen molar-refractivity contribution in [3.05, 3.63) is 29.6 Å². The van der Waals surface area contributed by atoms with Gasteiger partial charge in [0.25, 0.3) is 0 Å². The molecule has 1 rings (SSSR count). The lowest BCUT2D eigenvalue weighted by molar-refractivity contribution is 0.0266. The van der Waals surface area contributed by atoms with Crippen molar-refractivity contribution in [2.45, 2.75) is 12.2 Å². The Morgan fingerprint density at radius 2 is 2.20 bits per heavy atom. The molecule has 1 aromatic heterocycles. The van der Waals surface area contributed by atoms with Gasteiger partial charge in [-0.15, -0.1) is 11.3 Å². The third kappa shape index (κ3) is 3.44. The quantitative estimate of drug-likeness (QED) is 0.493. The van der Waals surface area contributed by atoms with Crippen molar-refractivity contribution in [2.24, 2.45) is 5.11 Å².